The third kappa shape index (κ3) is 4.18. The van der Waals surface area contributed by atoms with Crippen LogP contribution in [0.2, 0.25) is 0 Å². The minimum absolute atomic E-state index is 0.0654. The van der Waals surface area contributed by atoms with Crippen molar-refractivity contribution in [3.8, 4) is 5.75 Å². The van der Waals surface area contributed by atoms with Gasteiger partial charge in [0.1, 0.15) is 5.75 Å². The highest BCUT2D eigenvalue weighted by molar-refractivity contribution is 9.10. The third-order valence-corrected chi connectivity index (χ3v) is 4.63. The molecule has 5 nitrogen and oxygen atoms in total. The van der Waals surface area contributed by atoms with Crippen molar-refractivity contribution in [3.05, 3.63) is 46.6 Å². The highest BCUT2D eigenvalue weighted by Gasteiger charge is 2.08. The first kappa shape index (κ1) is 15.8. The van der Waals surface area contributed by atoms with E-state index < -0.39 is 9.84 Å². The van der Waals surface area contributed by atoms with Crippen LogP contribution in [-0.2, 0) is 16.4 Å². The van der Waals surface area contributed by atoms with Crippen molar-refractivity contribution < 1.29 is 13.2 Å². The summed E-state index contributed by atoms with van der Waals surface area (Å²) in [4.78, 5) is 3.93. The van der Waals surface area contributed by atoms with Gasteiger partial charge >= 0.3 is 0 Å². The first-order valence-electron chi connectivity index (χ1n) is 6.12. The van der Waals surface area contributed by atoms with E-state index in [9.17, 15) is 8.42 Å². The van der Waals surface area contributed by atoms with Crippen LogP contribution in [0.25, 0.3) is 0 Å². The molecule has 0 unspecified atom stereocenters. The van der Waals surface area contributed by atoms with Crippen molar-refractivity contribution in [2.45, 2.75) is 11.6 Å². The third-order valence-electron chi connectivity index (χ3n) is 2.85. The first-order valence-corrected chi connectivity index (χ1v) is 8.81. The van der Waals surface area contributed by atoms with Crippen LogP contribution >= 0.6 is 15.9 Å². The van der Waals surface area contributed by atoms with Crippen LogP contribution in [0.15, 0.2) is 46.0 Å². The molecule has 2 rings (SSSR count). The molecule has 1 aromatic carbocycles. The van der Waals surface area contributed by atoms with Crippen LogP contribution in [0, 0.1) is 0 Å². The number of halogens is 1. The summed E-state index contributed by atoms with van der Waals surface area (Å²) in [6, 6.07) is 8.89. The Morgan fingerprint density at radius 3 is 2.62 bits per heavy atom. The average Bonchev–Trinajstić information content (AvgIpc) is 2.46. The summed E-state index contributed by atoms with van der Waals surface area (Å²) in [5.41, 5.74) is 1.78. The van der Waals surface area contributed by atoms with Gasteiger partial charge in [0.25, 0.3) is 0 Å². The smallest absolute Gasteiger partial charge is 0.192 e. The van der Waals surface area contributed by atoms with Gasteiger partial charge in [0, 0.05) is 17.3 Å². The van der Waals surface area contributed by atoms with Gasteiger partial charge < -0.3 is 10.1 Å². The van der Waals surface area contributed by atoms with Crippen molar-refractivity contribution >= 4 is 31.5 Å². The summed E-state index contributed by atoms with van der Waals surface area (Å²) in [6.45, 7) is 0.567. The highest BCUT2D eigenvalue weighted by Crippen LogP contribution is 2.23. The van der Waals surface area contributed by atoms with Crippen LogP contribution in [0.1, 0.15) is 5.56 Å². The second-order valence-electron chi connectivity index (χ2n) is 4.47. The van der Waals surface area contributed by atoms with E-state index in [1.54, 1.807) is 13.2 Å². The number of ether oxygens (including phenoxy) is 1. The molecular weight excluding hydrogens is 356 g/mol. The molecular formula is C14H15BrN2O3S. The lowest BCUT2D eigenvalue weighted by molar-refractivity contribution is 0.414. The predicted molar refractivity (Wildman–Crippen MR) is 85.4 cm³/mol. The van der Waals surface area contributed by atoms with Gasteiger partial charge in [0.15, 0.2) is 14.9 Å². The van der Waals surface area contributed by atoms with E-state index in [1.165, 1.54) is 12.3 Å². The van der Waals surface area contributed by atoms with Crippen molar-refractivity contribution in [3.63, 3.8) is 0 Å². The summed E-state index contributed by atoms with van der Waals surface area (Å²) < 4.78 is 28.8. The number of hydrogen-bond acceptors (Lipinski definition) is 5. The average molecular weight is 371 g/mol. The van der Waals surface area contributed by atoms with E-state index in [0.29, 0.717) is 6.54 Å². The Kier molecular flexibility index (Phi) is 4.84. The van der Waals surface area contributed by atoms with Crippen LogP contribution in [0.3, 0.4) is 0 Å². The van der Waals surface area contributed by atoms with Crippen molar-refractivity contribution in [2.75, 3.05) is 18.7 Å². The lowest BCUT2D eigenvalue weighted by Gasteiger charge is -2.10. The minimum atomic E-state index is -3.27. The Morgan fingerprint density at radius 1 is 1.29 bits per heavy atom. The fourth-order valence-electron chi connectivity index (χ4n) is 1.72. The van der Waals surface area contributed by atoms with Gasteiger partial charge in [-0.05, 0) is 35.9 Å². The maximum atomic E-state index is 11.3. The molecule has 0 aliphatic rings. The summed E-state index contributed by atoms with van der Waals surface area (Å²) in [7, 11) is -1.65. The van der Waals surface area contributed by atoms with Crippen LogP contribution in [0.5, 0.6) is 5.75 Å². The number of sulfone groups is 1. The molecule has 0 aliphatic carbocycles. The number of methoxy groups -OCH3 is 1. The molecule has 0 radical (unpaired) electrons. The monoisotopic (exact) mass is 370 g/mol. The molecule has 2 aromatic rings. The molecule has 0 fully saturated rings. The van der Waals surface area contributed by atoms with E-state index in [1.807, 2.05) is 18.2 Å². The van der Waals surface area contributed by atoms with Crippen LogP contribution in [0.4, 0.5) is 5.69 Å². The van der Waals surface area contributed by atoms with Gasteiger partial charge in [-0.25, -0.2) is 13.4 Å². The maximum absolute atomic E-state index is 11.3. The van der Waals surface area contributed by atoms with Crippen LogP contribution in [-0.4, -0.2) is 26.8 Å². The van der Waals surface area contributed by atoms with Gasteiger partial charge in [0.05, 0.1) is 19.0 Å². The minimum Gasteiger partial charge on any atom is -0.497 e. The van der Waals surface area contributed by atoms with Crippen molar-refractivity contribution in [2.24, 2.45) is 0 Å². The van der Waals surface area contributed by atoms with Crippen molar-refractivity contribution in [1.82, 2.24) is 4.98 Å². The number of benzene rings is 1. The Bertz CT molecular complexity index is 730. The Balaban J connectivity index is 2.10. The lowest BCUT2D eigenvalue weighted by Crippen LogP contribution is -2.03. The molecule has 0 bridgehead atoms. The molecule has 21 heavy (non-hydrogen) atoms. The Labute approximate surface area is 132 Å². The fourth-order valence-corrected chi connectivity index (χ4v) is 2.66. The van der Waals surface area contributed by atoms with E-state index >= 15 is 0 Å². The van der Waals surface area contributed by atoms with E-state index in [0.717, 1.165) is 27.7 Å². The zero-order valence-corrected chi connectivity index (χ0v) is 14.0. The zero-order chi connectivity index (χ0) is 15.5. The molecule has 0 saturated heterocycles. The zero-order valence-electron chi connectivity index (χ0n) is 11.6. The predicted octanol–water partition coefficient (Wildman–Crippen LogP) is 2.87. The molecule has 0 spiro atoms. The topological polar surface area (TPSA) is 68.3 Å². The number of rotatable bonds is 5. The summed E-state index contributed by atoms with van der Waals surface area (Å²) >= 11 is 3.48. The molecule has 0 amide bonds. The summed E-state index contributed by atoms with van der Waals surface area (Å²) in [5, 5.41) is 3.25. The summed E-state index contributed by atoms with van der Waals surface area (Å²) in [6.07, 6.45) is 2.64. The molecule has 1 heterocycles. The molecule has 0 saturated carbocycles. The normalized spacial score (nSPS) is 11.2. The van der Waals surface area contributed by atoms with E-state index in [4.69, 9.17) is 4.74 Å². The number of anilines is 1. The molecule has 7 heteroatoms. The van der Waals surface area contributed by atoms with E-state index in [-0.39, 0.29) is 5.03 Å². The van der Waals surface area contributed by atoms with E-state index in [2.05, 4.69) is 26.2 Å². The second-order valence-corrected chi connectivity index (χ2v) is 7.29. The number of nitrogens with one attached hydrogen (secondary N) is 1. The SMILES string of the molecule is COc1ccc(Br)c(CNc2ccc(S(C)(=O)=O)nc2)c1. The Morgan fingerprint density at radius 2 is 2.05 bits per heavy atom. The highest BCUT2D eigenvalue weighted by atomic mass is 79.9. The Hall–Kier alpha value is -1.60. The number of pyridine rings is 1. The molecule has 1 N–H and O–H groups in total. The molecule has 1 aromatic heterocycles. The number of hydrogen-bond donors (Lipinski definition) is 1. The second kappa shape index (κ2) is 6.44. The maximum Gasteiger partial charge on any atom is 0.192 e. The van der Waals surface area contributed by atoms with Gasteiger partial charge in [-0.15, -0.1) is 0 Å². The van der Waals surface area contributed by atoms with Gasteiger partial charge in [0.2, 0.25) is 0 Å². The molecule has 0 atom stereocenters. The first-order chi connectivity index (χ1) is 9.90. The molecule has 112 valence electrons. The van der Waals surface area contributed by atoms with Crippen molar-refractivity contribution in [1.29, 1.82) is 0 Å². The van der Waals surface area contributed by atoms with Gasteiger partial charge in [-0.1, -0.05) is 15.9 Å². The summed E-state index contributed by atoms with van der Waals surface area (Å²) in [5.74, 6) is 0.778. The largest absolute Gasteiger partial charge is 0.497 e. The molecule has 0 aliphatic heterocycles. The number of aromatic nitrogens is 1. The number of nitrogens with zero attached hydrogens (tertiary/aromatic N) is 1. The van der Waals surface area contributed by atoms with Crippen LogP contribution < -0.4 is 10.1 Å². The standard InChI is InChI=1S/C14H15BrN2O3S/c1-20-12-4-5-13(15)10(7-12)8-16-11-3-6-14(17-9-11)21(2,18)19/h3-7,9,16H,8H2,1-2H3. The lowest BCUT2D eigenvalue weighted by atomic mass is 10.2. The van der Waals surface area contributed by atoms with Gasteiger partial charge in [-0.3, -0.25) is 0 Å². The van der Waals surface area contributed by atoms with Gasteiger partial charge in [-0.2, -0.15) is 0 Å². The quantitative estimate of drug-likeness (QED) is 0.876. The fraction of sp³-hybridized carbons (Fsp3) is 0.214.